The van der Waals surface area contributed by atoms with Crippen LogP contribution in [0.2, 0.25) is 5.02 Å². The second kappa shape index (κ2) is 10.9. The van der Waals surface area contributed by atoms with Crippen LogP contribution in [0.15, 0.2) is 53.7 Å². The van der Waals surface area contributed by atoms with Gasteiger partial charge >= 0.3 is 12.0 Å². The Kier molecular flexibility index (Phi) is 8.00. The van der Waals surface area contributed by atoms with Gasteiger partial charge in [0.05, 0.1) is 25.3 Å². The lowest BCUT2D eigenvalue weighted by atomic mass is 9.93. The molecule has 0 saturated carbocycles. The smallest absolute Gasteiger partial charge is 0.338 e. The van der Waals surface area contributed by atoms with Crippen molar-refractivity contribution < 1.29 is 23.8 Å². The highest BCUT2D eigenvalue weighted by molar-refractivity contribution is 6.31. The van der Waals surface area contributed by atoms with Crippen LogP contribution in [0.1, 0.15) is 43.9 Å². The predicted octanol–water partition coefficient (Wildman–Crippen LogP) is 4.90. The van der Waals surface area contributed by atoms with E-state index in [0.717, 1.165) is 12.0 Å². The van der Waals surface area contributed by atoms with Gasteiger partial charge in [0.2, 0.25) is 0 Å². The van der Waals surface area contributed by atoms with Gasteiger partial charge in [-0.2, -0.15) is 0 Å². The van der Waals surface area contributed by atoms with E-state index in [4.69, 9.17) is 25.8 Å². The summed E-state index contributed by atoms with van der Waals surface area (Å²) in [6.45, 7) is 4.19. The Morgan fingerprint density at radius 1 is 1.12 bits per heavy atom. The van der Waals surface area contributed by atoms with Gasteiger partial charge in [-0.15, -0.1) is 0 Å². The molecule has 2 N–H and O–H groups in total. The lowest BCUT2D eigenvalue weighted by molar-refractivity contribution is -0.139. The molecule has 0 aliphatic carbocycles. The number of rotatable bonds is 9. The van der Waals surface area contributed by atoms with Gasteiger partial charge in [0.1, 0.15) is 6.61 Å². The van der Waals surface area contributed by atoms with Crippen LogP contribution in [0.4, 0.5) is 4.79 Å². The SMILES string of the molecule is CCCC1=C(C(=O)OCC)C(c2ccc(OC)c(OCc3ccccc3Cl)c2)NC(=O)N1. The molecule has 170 valence electrons. The van der Waals surface area contributed by atoms with E-state index < -0.39 is 12.0 Å². The summed E-state index contributed by atoms with van der Waals surface area (Å²) >= 11 is 6.24. The highest BCUT2D eigenvalue weighted by atomic mass is 35.5. The molecule has 1 atom stereocenters. The van der Waals surface area contributed by atoms with Crippen molar-refractivity contribution in [3.63, 3.8) is 0 Å². The van der Waals surface area contributed by atoms with Gasteiger partial charge in [0.25, 0.3) is 0 Å². The Morgan fingerprint density at radius 3 is 2.59 bits per heavy atom. The molecule has 32 heavy (non-hydrogen) atoms. The summed E-state index contributed by atoms with van der Waals surface area (Å²) in [6.07, 6.45) is 1.31. The van der Waals surface area contributed by atoms with Gasteiger partial charge < -0.3 is 24.8 Å². The second-order valence-corrected chi connectivity index (χ2v) is 7.59. The molecule has 2 amide bonds. The number of urea groups is 1. The molecule has 7 nitrogen and oxygen atoms in total. The third-order valence-electron chi connectivity index (χ3n) is 5.01. The summed E-state index contributed by atoms with van der Waals surface area (Å²) in [7, 11) is 1.55. The van der Waals surface area contributed by atoms with Crippen molar-refractivity contribution in [3.8, 4) is 11.5 Å². The third kappa shape index (κ3) is 5.34. The zero-order chi connectivity index (χ0) is 23.1. The molecule has 8 heteroatoms. The molecule has 1 aliphatic rings. The molecule has 0 radical (unpaired) electrons. The molecule has 0 fully saturated rings. The number of allylic oxidation sites excluding steroid dienone is 1. The summed E-state index contributed by atoms with van der Waals surface area (Å²) in [6, 6.07) is 11.6. The fourth-order valence-corrected chi connectivity index (χ4v) is 3.71. The van der Waals surface area contributed by atoms with E-state index in [0.29, 0.717) is 39.8 Å². The minimum Gasteiger partial charge on any atom is -0.493 e. The molecule has 3 rings (SSSR count). The van der Waals surface area contributed by atoms with Gasteiger partial charge in [0, 0.05) is 16.3 Å². The quantitative estimate of drug-likeness (QED) is 0.522. The number of esters is 1. The third-order valence-corrected chi connectivity index (χ3v) is 5.38. The topological polar surface area (TPSA) is 85.9 Å². The monoisotopic (exact) mass is 458 g/mol. The van der Waals surface area contributed by atoms with Gasteiger partial charge in [0.15, 0.2) is 11.5 Å². The molecule has 2 aromatic rings. The highest BCUT2D eigenvalue weighted by Gasteiger charge is 2.33. The number of hydrogen-bond donors (Lipinski definition) is 2. The molecule has 1 heterocycles. The van der Waals surface area contributed by atoms with Crippen molar-refractivity contribution in [2.24, 2.45) is 0 Å². The Labute approximate surface area is 192 Å². The Bertz CT molecular complexity index is 1020. The average Bonchev–Trinajstić information content (AvgIpc) is 2.78. The predicted molar refractivity (Wildman–Crippen MR) is 122 cm³/mol. The van der Waals surface area contributed by atoms with Crippen LogP contribution in [0.25, 0.3) is 0 Å². The number of halogens is 1. The van der Waals surface area contributed by atoms with Crippen molar-refractivity contribution >= 4 is 23.6 Å². The van der Waals surface area contributed by atoms with E-state index in [9.17, 15) is 9.59 Å². The lowest BCUT2D eigenvalue weighted by Crippen LogP contribution is -2.46. The molecule has 0 saturated heterocycles. The van der Waals surface area contributed by atoms with Crippen molar-refractivity contribution in [2.75, 3.05) is 13.7 Å². The van der Waals surface area contributed by atoms with Crippen LogP contribution in [0.3, 0.4) is 0 Å². The maximum atomic E-state index is 12.8. The first-order chi connectivity index (χ1) is 15.5. The van der Waals surface area contributed by atoms with Gasteiger partial charge in [-0.3, -0.25) is 0 Å². The number of ether oxygens (including phenoxy) is 3. The van der Waals surface area contributed by atoms with Crippen LogP contribution >= 0.6 is 11.6 Å². The largest absolute Gasteiger partial charge is 0.493 e. The van der Waals surface area contributed by atoms with Crippen LogP contribution < -0.4 is 20.1 Å². The first-order valence-corrected chi connectivity index (χ1v) is 10.9. The average molecular weight is 459 g/mol. The number of nitrogens with one attached hydrogen (secondary N) is 2. The van der Waals surface area contributed by atoms with Gasteiger partial charge in [-0.25, -0.2) is 9.59 Å². The van der Waals surface area contributed by atoms with Gasteiger partial charge in [-0.05, 0) is 37.1 Å². The second-order valence-electron chi connectivity index (χ2n) is 7.18. The Balaban J connectivity index is 1.98. The minimum atomic E-state index is -0.682. The maximum Gasteiger partial charge on any atom is 0.338 e. The number of amides is 2. The van der Waals surface area contributed by atoms with E-state index in [1.165, 1.54) is 0 Å². The molecular formula is C24H27ClN2O5. The van der Waals surface area contributed by atoms with E-state index in [1.54, 1.807) is 38.3 Å². The summed E-state index contributed by atoms with van der Waals surface area (Å²) in [5, 5.41) is 6.19. The molecule has 1 aliphatic heterocycles. The Hall–Kier alpha value is -3.19. The standard InChI is InChI=1S/C24H27ClN2O5/c1-4-8-18-21(23(28)31-5-2)22(27-24(29)26-18)15-11-12-19(30-3)20(13-15)32-14-16-9-6-7-10-17(16)25/h6-7,9-13,22H,4-5,8,14H2,1-3H3,(H2,26,27,29). The first kappa shape index (κ1) is 23.5. The van der Waals surface area contributed by atoms with Crippen LogP contribution in [0.5, 0.6) is 11.5 Å². The lowest BCUT2D eigenvalue weighted by Gasteiger charge is -2.29. The van der Waals surface area contributed by atoms with E-state index in [-0.39, 0.29) is 19.2 Å². The zero-order valence-electron chi connectivity index (χ0n) is 18.4. The zero-order valence-corrected chi connectivity index (χ0v) is 19.1. The van der Waals surface area contributed by atoms with Crippen LogP contribution in [-0.2, 0) is 16.1 Å². The van der Waals surface area contributed by atoms with Crippen LogP contribution in [0, 0.1) is 0 Å². The molecular weight excluding hydrogens is 432 g/mol. The maximum absolute atomic E-state index is 12.8. The minimum absolute atomic E-state index is 0.233. The molecule has 0 aromatic heterocycles. The van der Waals surface area contributed by atoms with Crippen LogP contribution in [-0.4, -0.2) is 25.7 Å². The van der Waals surface area contributed by atoms with E-state index in [1.807, 2.05) is 25.1 Å². The first-order valence-electron chi connectivity index (χ1n) is 10.5. The van der Waals surface area contributed by atoms with Crippen molar-refractivity contribution in [1.29, 1.82) is 0 Å². The van der Waals surface area contributed by atoms with Gasteiger partial charge in [-0.1, -0.05) is 49.2 Å². The van der Waals surface area contributed by atoms with Crippen molar-refractivity contribution in [2.45, 2.75) is 39.3 Å². The number of carbonyl (C=O) groups excluding carboxylic acids is 2. The fraction of sp³-hybridized carbons (Fsp3) is 0.333. The molecule has 0 bridgehead atoms. The fourth-order valence-electron chi connectivity index (χ4n) is 3.52. The molecule has 2 aromatic carbocycles. The highest BCUT2D eigenvalue weighted by Crippen LogP contribution is 2.36. The van der Waals surface area contributed by atoms with Crippen molar-refractivity contribution in [1.82, 2.24) is 10.6 Å². The van der Waals surface area contributed by atoms with E-state index in [2.05, 4.69) is 10.6 Å². The summed E-state index contributed by atoms with van der Waals surface area (Å²) in [5.74, 6) is 0.525. The summed E-state index contributed by atoms with van der Waals surface area (Å²) in [5.41, 5.74) is 2.45. The number of methoxy groups -OCH3 is 1. The number of benzene rings is 2. The Morgan fingerprint density at radius 2 is 1.91 bits per heavy atom. The number of carbonyl (C=O) groups is 2. The summed E-state index contributed by atoms with van der Waals surface area (Å²) in [4.78, 5) is 25.1. The normalized spacial score (nSPS) is 15.6. The number of hydrogen-bond acceptors (Lipinski definition) is 5. The summed E-state index contributed by atoms with van der Waals surface area (Å²) < 4.78 is 16.7. The molecule has 0 spiro atoms. The van der Waals surface area contributed by atoms with E-state index >= 15 is 0 Å². The molecule has 1 unspecified atom stereocenters. The van der Waals surface area contributed by atoms with Crippen molar-refractivity contribution in [3.05, 3.63) is 69.9 Å².